The Bertz CT molecular complexity index is 408. The maximum Gasteiger partial charge on any atom is 0.241 e. The van der Waals surface area contributed by atoms with Gasteiger partial charge < -0.3 is 5.32 Å². The molecule has 1 aliphatic carbocycles. The molecule has 2 rings (SSSR count). The third-order valence-electron chi connectivity index (χ3n) is 3.56. The molecule has 1 aromatic heterocycles. The molecule has 1 aliphatic rings. The quantitative estimate of drug-likeness (QED) is 0.858. The van der Waals surface area contributed by atoms with Gasteiger partial charge in [0.1, 0.15) is 6.54 Å². The first-order valence-corrected chi connectivity index (χ1v) is 7.02. The molecule has 0 unspecified atom stereocenters. The lowest BCUT2D eigenvalue weighted by Gasteiger charge is -2.16. The van der Waals surface area contributed by atoms with E-state index in [4.69, 9.17) is 11.6 Å². The molecular formula is C13H20ClN3O. The number of carbonyl (C=O) groups excluding carboxylic acids is 1. The van der Waals surface area contributed by atoms with E-state index in [-0.39, 0.29) is 12.5 Å². The van der Waals surface area contributed by atoms with Gasteiger partial charge in [0.2, 0.25) is 5.91 Å². The molecule has 0 aromatic carbocycles. The molecule has 18 heavy (non-hydrogen) atoms. The van der Waals surface area contributed by atoms with Crippen LogP contribution in [0.4, 0.5) is 0 Å². The van der Waals surface area contributed by atoms with E-state index in [0.717, 1.165) is 18.5 Å². The van der Waals surface area contributed by atoms with Crippen molar-refractivity contribution in [3.8, 4) is 0 Å². The SMILES string of the molecule is Cc1c(Cl)cnn1CC(=O)NC1CCCCCC1. The number of hydrogen-bond acceptors (Lipinski definition) is 2. The van der Waals surface area contributed by atoms with E-state index < -0.39 is 0 Å². The predicted octanol–water partition coefficient (Wildman–Crippen LogP) is 2.68. The van der Waals surface area contributed by atoms with Crippen LogP contribution < -0.4 is 5.32 Å². The molecule has 0 bridgehead atoms. The number of rotatable bonds is 3. The van der Waals surface area contributed by atoms with Crippen molar-refractivity contribution >= 4 is 17.5 Å². The molecule has 100 valence electrons. The van der Waals surface area contributed by atoms with Crippen LogP contribution >= 0.6 is 11.6 Å². The van der Waals surface area contributed by atoms with Gasteiger partial charge in [-0.3, -0.25) is 9.48 Å². The molecule has 0 aliphatic heterocycles. The topological polar surface area (TPSA) is 46.9 Å². The van der Waals surface area contributed by atoms with Crippen LogP contribution in [0.25, 0.3) is 0 Å². The van der Waals surface area contributed by atoms with Gasteiger partial charge in [-0.1, -0.05) is 37.3 Å². The van der Waals surface area contributed by atoms with Crippen molar-refractivity contribution in [3.05, 3.63) is 16.9 Å². The predicted molar refractivity (Wildman–Crippen MR) is 71.6 cm³/mol. The monoisotopic (exact) mass is 269 g/mol. The molecule has 1 heterocycles. The summed E-state index contributed by atoms with van der Waals surface area (Å²) in [6, 6.07) is 0.339. The maximum absolute atomic E-state index is 11.9. The highest BCUT2D eigenvalue weighted by Gasteiger charge is 2.15. The first kappa shape index (κ1) is 13.4. The Morgan fingerprint density at radius 2 is 2.11 bits per heavy atom. The lowest BCUT2D eigenvalue weighted by atomic mass is 10.1. The second-order valence-corrected chi connectivity index (χ2v) is 5.40. The smallest absolute Gasteiger partial charge is 0.241 e. The van der Waals surface area contributed by atoms with Crippen LogP contribution in [0.3, 0.4) is 0 Å². The van der Waals surface area contributed by atoms with Crippen LogP contribution in [-0.2, 0) is 11.3 Å². The highest BCUT2D eigenvalue weighted by atomic mass is 35.5. The number of carbonyl (C=O) groups is 1. The van der Waals surface area contributed by atoms with Crippen LogP contribution in [0.1, 0.15) is 44.2 Å². The summed E-state index contributed by atoms with van der Waals surface area (Å²) in [6.07, 6.45) is 8.81. The molecule has 4 nitrogen and oxygen atoms in total. The molecule has 1 amide bonds. The van der Waals surface area contributed by atoms with E-state index in [9.17, 15) is 4.79 Å². The zero-order valence-electron chi connectivity index (χ0n) is 10.8. The Balaban J connectivity index is 1.86. The Hall–Kier alpha value is -1.03. The summed E-state index contributed by atoms with van der Waals surface area (Å²) >= 11 is 5.91. The van der Waals surface area contributed by atoms with Gasteiger partial charge in [0.25, 0.3) is 0 Å². The van der Waals surface area contributed by atoms with Gasteiger partial charge in [0.15, 0.2) is 0 Å². The van der Waals surface area contributed by atoms with Gasteiger partial charge in [-0.05, 0) is 19.8 Å². The standard InChI is InChI=1S/C13H20ClN3O/c1-10-12(14)8-15-17(10)9-13(18)16-11-6-4-2-3-5-7-11/h8,11H,2-7,9H2,1H3,(H,16,18). The minimum absolute atomic E-state index is 0.0322. The molecule has 0 radical (unpaired) electrons. The van der Waals surface area contributed by atoms with Crippen LogP contribution in [0.5, 0.6) is 0 Å². The van der Waals surface area contributed by atoms with Gasteiger partial charge in [-0.25, -0.2) is 0 Å². The molecule has 0 spiro atoms. The molecule has 5 heteroatoms. The lowest BCUT2D eigenvalue weighted by molar-refractivity contribution is -0.122. The highest BCUT2D eigenvalue weighted by Crippen LogP contribution is 2.17. The number of halogens is 1. The third kappa shape index (κ3) is 3.48. The van der Waals surface area contributed by atoms with Crippen LogP contribution in [0, 0.1) is 6.92 Å². The normalized spacial score (nSPS) is 17.4. The Labute approximate surface area is 113 Å². The third-order valence-corrected chi connectivity index (χ3v) is 3.93. The van der Waals surface area contributed by atoms with E-state index in [1.165, 1.54) is 25.7 Å². The van der Waals surface area contributed by atoms with Gasteiger partial charge in [-0.15, -0.1) is 0 Å². The van der Waals surface area contributed by atoms with Gasteiger partial charge in [0, 0.05) is 6.04 Å². The maximum atomic E-state index is 11.9. The van der Waals surface area contributed by atoms with E-state index in [1.807, 2.05) is 6.92 Å². The summed E-state index contributed by atoms with van der Waals surface area (Å²) in [7, 11) is 0. The molecule has 1 fully saturated rings. The fraction of sp³-hybridized carbons (Fsp3) is 0.692. The Kier molecular flexibility index (Phi) is 4.64. The van der Waals surface area contributed by atoms with Crippen LogP contribution in [-0.4, -0.2) is 21.7 Å². The zero-order valence-corrected chi connectivity index (χ0v) is 11.5. The number of nitrogens with zero attached hydrogens (tertiary/aromatic N) is 2. The Morgan fingerprint density at radius 1 is 1.44 bits per heavy atom. The largest absolute Gasteiger partial charge is 0.352 e. The molecule has 1 aromatic rings. The van der Waals surface area contributed by atoms with Crippen molar-refractivity contribution in [2.24, 2.45) is 0 Å². The first-order valence-electron chi connectivity index (χ1n) is 6.64. The summed E-state index contributed by atoms with van der Waals surface area (Å²) in [5, 5.41) is 7.80. The summed E-state index contributed by atoms with van der Waals surface area (Å²) < 4.78 is 1.65. The average Bonchev–Trinajstić information content (AvgIpc) is 2.60. The van der Waals surface area contributed by atoms with Gasteiger partial charge in [0.05, 0.1) is 16.9 Å². The fourth-order valence-corrected chi connectivity index (χ4v) is 2.56. The summed E-state index contributed by atoms with van der Waals surface area (Å²) in [5.41, 5.74) is 0.840. The number of hydrogen-bond donors (Lipinski definition) is 1. The molecule has 0 saturated heterocycles. The summed E-state index contributed by atoms with van der Waals surface area (Å²) in [5.74, 6) is 0.0322. The zero-order chi connectivity index (χ0) is 13.0. The van der Waals surface area contributed by atoms with Crippen molar-refractivity contribution in [1.29, 1.82) is 0 Å². The summed E-state index contributed by atoms with van der Waals surface area (Å²) in [6.45, 7) is 2.13. The molecule has 1 N–H and O–H groups in total. The van der Waals surface area contributed by atoms with Crippen molar-refractivity contribution < 1.29 is 4.79 Å². The lowest BCUT2D eigenvalue weighted by Crippen LogP contribution is -2.37. The van der Waals surface area contributed by atoms with Crippen molar-refractivity contribution in [1.82, 2.24) is 15.1 Å². The van der Waals surface area contributed by atoms with E-state index in [2.05, 4.69) is 10.4 Å². The number of nitrogens with one attached hydrogen (secondary N) is 1. The van der Waals surface area contributed by atoms with Crippen LogP contribution in [0.2, 0.25) is 5.02 Å². The second-order valence-electron chi connectivity index (χ2n) is 4.99. The minimum atomic E-state index is 0.0322. The summed E-state index contributed by atoms with van der Waals surface area (Å²) in [4.78, 5) is 11.9. The minimum Gasteiger partial charge on any atom is -0.352 e. The molecule has 1 saturated carbocycles. The van der Waals surface area contributed by atoms with Gasteiger partial charge >= 0.3 is 0 Å². The van der Waals surface area contributed by atoms with Gasteiger partial charge in [-0.2, -0.15) is 5.10 Å². The number of aromatic nitrogens is 2. The van der Waals surface area contributed by atoms with E-state index >= 15 is 0 Å². The van der Waals surface area contributed by atoms with Crippen molar-refractivity contribution in [2.45, 2.75) is 58.0 Å². The Morgan fingerprint density at radius 3 is 2.67 bits per heavy atom. The average molecular weight is 270 g/mol. The first-order chi connectivity index (χ1) is 8.66. The number of amides is 1. The van der Waals surface area contributed by atoms with Crippen molar-refractivity contribution in [2.75, 3.05) is 0 Å². The highest BCUT2D eigenvalue weighted by molar-refractivity contribution is 6.31. The van der Waals surface area contributed by atoms with Crippen LogP contribution in [0.15, 0.2) is 6.20 Å². The van der Waals surface area contributed by atoms with E-state index in [1.54, 1.807) is 10.9 Å². The van der Waals surface area contributed by atoms with Crippen molar-refractivity contribution in [3.63, 3.8) is 0 Å². The van der Waals surface area contributed by atoms with E-state index in [0.29, 0.717) is 11.1 Å². The molecule has 0 atom stereocenters. The fourth-order valence-electron chi connectivity index (χ4n) is 2.42. The second kappa shape index (κ2) is 6.23. The molecular weight excluding hydrogens is 250 g/mol.